The largest absolute Gasteiger partial charge is 0.448 e. The molecule has 1 N–H and O–H groups in total. The first-order chi connectivity index (χ1) is 8.43. The van der Waals surface area contributed by atoms with E-state index in [0.717, 1.165) is 19.0 Å². The van der Waals surface area contributed by atoms with Gasteiger partial charge in [0.15, 0.2) is 5.89 Å². The Kier molecular flexibility index (Phi) is 3.46. The molecule has 0 aromatic carbocycles. The van der Waals surface area contributed by atoms with E-state index in [-0.39, 0.29) is 0 Å². The van der Waals surface area contributed by atoms with Crippen molar-refractivity contribution in [1.82, 2.24) is 10.3 Å². The van der Waals surface area contributed by atoms with Crippen LogP contribution in [-0.2, 0) is 0 Å². The van der Waals surface area contributed by atoms with E-state index in [9.17, 15) is 0 Å². The van der Waals surface area contributed by atoms with Crippen LogP contribution in [0.3, 0.4) is 0 Å². The average Bonchev–Trinajstić information content (AvgIpc) is 2.95. The molecule has 2 fully saturated rings. The van der Waals surface area contributed by atoms with Crippen LogP contribution in [-0.4, -0.2) is 18.1 Å². The van der Waals surface area contributed by atoms with Crippen molar-refractivity contribution in [3.05, 3.63) is 17.8 Å². The highest BCUT2D eigenvalue weighted by Crippen LogP contribution is 2.32. The minimum absolute atomic E-state index is 0.582. The number of aromatic nitrogens is 1. The highest BCUT2D eigenvalue weighted by molar-refractivity contribution is 5.09. The van der Waals surface area contributed by atoms with Crippen LogP contribution in [0, 0.1) is 0 Å². The van der Waals surface area contributed by atoms with Crippen LogP contribution in [0.15, 0.2) is 10.7 Å². The van der Waals surface area contributed by atoms with Crippen molar-refractivity contribution in [1.29, 1.82) is 0 Å². The van der Waals surface area contributed by atoms with Gasteiger partial charge in [-0.15, -0.1) is 0 Å². The van der Waals surface area contributed by atoms with Crippen molar-refractivity contribution >= 4 is 0 Å². The lowest BCUT2D eigenvalue weighted by atomic mass is 10.0. The van der Waals surface area contributed by atoms with Gasteiger partial charge in [-0.2, -0.15) is 0 Å². The normalized spacial score (nSPS) is 27.2. The zero-order chi connectivity index (χ0) is 11.5. The third kappa shape index (κ3) is 2.54. The first-order valence-corrected chi connectivity index (χ1v) is 7.09. The van der Waals surface area contributed by atoms with Crippen molar-refractivity contribution < 1.29 is 4.42 Å². The molecule has 1 aromatic rings. The second kappa shape index (κ2) is 5.21. The molecule has 0 spiro atoms. The summed E-state index contributed by atoms with van der Waals surface area (Å²) in [5.41, 5.74) is 1.18. The summed E-state index contributed by atoms with van der Waals surface area (Å²) >= 11 is 0. The second-order valence-corrected chi connectivity index (χ2v) is 5.49. The number of nitrogens with one attached hydrogen (secondary N) is 1. The van der Waals surface area contributed by atoms with E-state index >= 15 is 0 Å². The fraction of sp³-hybridized carbons (Fsp3) is 0.786. The van der Waals surface area contributed by atoms with E-state index in [1.807, 2.05) is 6.26 Å². The third-order valence-electron chi connectivity index (χ3n) is 4.22. The zero-order valence-corrected chi connectivity index (χ0v) is 10.5. The highest BCUT2D eigenvalue weighted by Gasteiger charge is 2.23. The van der Waals surface area contributed by atoms with Crippen molar-refractivity contribution in [3.63, 3.8) is 0 Å². The van der Waals surface area contributed by atoms with Gasteiger partial charge in [-0.1, -0.05) is 25.7 Å². The van der Waals surface area contributed by atoms with Crippen LogP contribution in [0.5, 0.6) is 0 Å². The van der Waals surface area contributed by atoms with Gasteiger partial charge in [0.25, 0.3) is 0 Å². The topological polar surface area (TPSA) is 38.1 Å². The molecule has 1 aliphatic carbocycles. The van der Waals surface area contributed by atoms with E-state index in [1.54, 1.807) is 0 Å². The van der Waals surface area contributed by atoms with Gasteiger partial charge in [-0.05, 0) is 25.8 Å². The molecule has 3 rings (SSSR count). The minimum Gasteiger partial charge on any atom is -0.448 e. The Bertz CT molecular complexity index is 347. The van der Waals surface area contributed by atoms with Gasteiger partial charge in [-0.3, -0.25) is 0 Å². The molecule has 1 unspecified atom stereocenters. The van der Waals surface area contributed by atoms with Crippen molar-refractivity contribution in [3.8, 4) is 0 Å². The van der Waals surface area contributed by atoms with E-state index in [2.05, 4.69) is 5.32 Å². The van der Waals surface area contributed by atoms with Gasteiger partial charge >= 0.3 is 0 Å². The van der Waals surface area contributed by atoms with E-state index < -0.39 is 0 Å². The number of rotatable bonds is 2. The van der Waals surface area contributed by atoms with Gasteiger partial charge in [0.2, 0.25) is 0 Å². The standard InChI is InChI=1S/C14H22N2O/c1-2-4-6-11(5-3-1)14-16-13(10-17-14)12-7-8-15-9-12/h10-12,15H,1-9H2. The molecular weight excluding hydrogens is 212 g/mol. The van der Waals surface area contributed by atoms with Crippen molar-refractivity contribution in [2.75, 3.05) is 13.1 Å². The summed E-state index contributed by atoms with van der Waals surface area (Å²) in [7, 11) is 0. The lowest BCUT2D eigenvalue weighted by Gasteiger charge is -2.08. The molecule has 94 valence electrons. The predicted molar refractivity (Wildman–Crippen MR) is 67.2 cm³/mol. The van der Waals surface area contributed by atoms with Crippen LogP contribution in [0.2, 0.25) is 0 Å². The molecule has 0 amide bonds. The monoisotopic (exact) mass is 234 g/mol. The lowest BCUT2D eigenvalue weighted by molar-refractivity contribution is 0.419. The van der Waals surface area contributed by atoms with Crippen LogP contribution in [0.1, 0.15) is 68.4 Å². The molecule has 3 heteroatoms. The zero-order valence-electron chi connectivity index (χ0n) is 10.5. The Balaban J connectivity index is 1.70. The van der Waals surface area contributed by atoms with Crippen LogP contribution < -0.4 is 5.32 Å². The van der Waals surface area contributed by atoms with Crippen LogP contribution >= 0.6 is 0 Å². The smallest absolute Gasteiger partial charge is 0.197 e. The second-order valence-electron chi connectivity index (χ2n) is 5.49. The number of hydrogen-bond donors (Lipinski definition) is 1. The van der Waals surface area contributed by atoms with Gasteiger partial charge < -0.3 is 9.73 Å². The summed E-state index contributed by atoms with van der Waals surface area (Å²) in [5.74, 6) is 2.17. The molecule has 1 aromatic heterocycles. The summed E-state index contributed by atoms with van der Waals surface area (Å²) in [6.07, 6.45) is 11.1. The van der Waals surface area contributed by atoms with Gasteiger partial charge in [0.1, 0.15) is 6.26 Å². The maximum atomic E-state index is 5.73. The maximum absolute atomic E-state index is 5.73. The molecule has 2 aliphatic rings. The SMILES string of the molecule is c1oc(C2CCCCCC2)nc1C1CCNC1. The fourth-order valence-electron chi connectivity index (χ4n) is 3.11. The predicted octanol–water partition coefficient (Wildman–Crippen LogP) is 3.19. The molecule has 0 radical (unpaired) electrons. The fourth-order valence-corrected chi connectivity index (χ4v) is 3.11. The molecule has 3 nitrogen and oxygen atoms in total. The Labute approximate surface area is 103 Å². The highest BCUT2D eigenvalue weighted by atomic mass is 16.3. The van der Waals surface area contributed by atoms with Gasteiger partial charge in [0, 0.05) is 18.4 Å². The van der Waals surface area contributed by atoms with E-state index in [1.165, 1.54) is 50.6 Å². The minimum atomic E-state index is 0.582. The number of oxazole rings is 1. The van der Waals surface area contributed by atoms with Crippen molar-refractivity contribution in [2.45, 2.75) is 56.8 Å². The molecule has 17 heavy (non-hydrogen) atoms. The first kappa shape index (κ1) is 11.3. The number of hydrogen-bond acceptors (Lipinski definition) is 3. The summed E-state index contributed by atoms with van der Waals surface area (Å²) in [6.45, 7) is 2.19. The molecular formula is C14H22N2O. The Hall–Kier alpha value is -0.830. The van der Waals surface area contributed by atoms with Crippen LogP contribution in [0.25, 0.3) is 0 Å². The first-order valence-electron chi connectivity index (χ1n) is 7.09. The molecule has 0 bridgehead atoms. The number of nitrogens with zero attached hydrogens (tertiary/aromatic N) is 1. The summed E-state index contributed by atoms with van der Waals surface area (Å²) in [4.78, 5) is 4.75. The molecule has 1 aliphatic heterocycles. The van der Waals surface area contributed by atoms with E-state index in [4.69, 9.17) is 9.40 Å². The lowest BCUT2D eigenvalue weighted by Crippen LogP contribution is -2.08. The Morgan fingerprint density at radius 2 is 1.88 bits per heavy atom. The summed E-state index contributed by atoms with van der Waals surface area (Å²) < 4.78 is 5.73. The summed E-state index contributed by atoms with van der Waals surface area (Å²) in [6, 6.07) is 0. The third-order valence-corrected chi connectivity index (χ3v) is 4.22. The molecule has 1 saturated carbocycles. The quantitative estimate of drug-likeness (QED) is 0.799. The van der Waals surface area contributed by atoms with Gasteiger partial charge in [-0.25, -0.2) is 4.98 Å². The Morgan fingerprint density at radius 3 is 2.59 bits per heavy atom. The average molecular weight is 234 g/mol. The van der Waals surface area contributed by atoms with Gasteiger partial charge in [0.05, 0.1) is 5.69 Å². The van der Waals surface area contributed by atoms with Crippen molar-refractivity contribution in [2.24, 2.45) is 0 Å². The Morgan fingerprint density at radius 1 is 1.06 bits per heavy atom. The molecule has 2 heterocycles. The van der Waals surface area contributed by atoms with E-state index in [0.29, 0.717) is 11.8 Å². The molecule has 1 saturated heterocycles. The maximum Gasteiger partial charge on any atom is 0.197 e. The summed E-state index contributed by atoms with van der Waals surface area (Å²) in [5, 5.41) is 3.39. The molecule has 1 atom stereocenters. The van der Waals surface area contributed by atoms with Crippen LogP contribution in [0.4, 0.5) is 0 Å².